The molecule has 1 aromatic heterocycles. The first kappa shape index (κ1) is 20.3. The first-order valence-electron chi connectivity index (χ1n) is 7.45. The normalized spacial score (nSPS) is 16.6. The molecule has 28 heavy (non-hydrogen) atoms. The Morgan fingerprint density at radius 1 is 1.00 bits per heavy atom. The minimum absolute atomic E-state index is 0.0514. The summed E-state index contributed by atoms with van der Waals surface area (Å²) in [5, 5.41) is 2.39. The largest absolute Gasteiger partial charge is 0.416 e. The molecule has 0 aliphatic carbocycles. The molecule has 2 heterocycles. The summed E-state index contributed by atoms with van der Waals surface area (Å²) in [5.74, 6) is -0.458. The lowest BCUT2D eigenvalue weighted by molar-refractivity contribution is -0.143. The van der Waals surface area contributed by atoms with Crippen LogP contribution in [0.4, 0.5) is 26.3 Å². The van der Waals surface area contributed by atoms with Crippen molar-refractivity contribution >= 4 is 40.3 Å². The number of amides is 1. The van der Waals surface area contributed by atoms with Crippen molar-refractivity contribution in [1.82, 2.24) is 10.3 Å². The van der Waals surface area contributed by atoms with E-state index in [1.807, 2.05) is 0 Å². The van der Waals surface area contributed by atoms with Gasteiger partial charge in [0.25, 0.3) is 5.91 Å². The number of nitrogens with one attached hydrogen (secondary N) is 1. The average Bonchev–Trinajstić information content (AvgIpc) is 2.90. The number of thiocarbonyl (C=S) groups is 1. The summed E-state index contributed by atoms with van der Waals surface area (Å²) in [6, 6.07) is 5.41. The van der Waals surface area contributed by atoms with E-state index in [2.05, 4.69) is 10.3 Å². The Morgan fingerprint density at radius 2 is 1.61 bits per heavy atom. The molecule has 1 amide bonds. The molecule has 0 radical (unpaired) electrons. The van der Waals surface area contributed by atoms with Crippen molar-refractivity contribution in [3.8, 4) is 11.3 Å². The summed E-state index contributed by atoms with van der Waals surface area (Å²) < 4.78 is 78.4. The van der Waals surface area contributed by atoms with E-state index in [4.69, 9.17) is 12.2 Å². The zero-order valence-corrected chi connectivity index (χ0v) is 15.1. The summed E-state index contributed by atoms with van der Waals surface area (Å²) in [6.07, 6.45) is -8.56. The van der Waals surface area contributed by atoms with Crippen LogP contribution in [-0.4, -0.2) is 15.2 Å². The Bertz CT molecular complexity index is 966. The fourth-order valence-electron chi connectivity index (χ4n) is 2.35. The zero-order chi connectivity index (χ0) is 20.7. The highest BCUT2D eigenvalue weighted by atomic mass is 32.2. The summed E-state index contributed by atoms with van der Waals surface area (Å²) in [7, 11) is 0. The molecule has 0 unspecified atom stereocenters. The van der Waals surface area contributed by atoms with Crippen LogP contribution in [0.3, 0.4) is 0 Å². The molecule has 1 N–H and O–H groups in total. The van der Waals surface area contributed by atoms with E-state index in [0.29, 0.717) is 12.1 Å². The standard InChI is InChI=1S/C17H8F6N2OS2/c18-16(19,20)9-4-8(5-10(6-9)17(21,22)23)12-3-1-2-11(24-12)7-13-14(26)25-15(27)28-13/h1-7H,(H,25,26,27)/b13-7-. The van der Waals surface area contributed by atoms with E-state index < -0.39 is 29.4 Å². The molecule has 1 aromatic carbocycles. The van der Waals surface area contributed by atoms with Gasteiger partial charge in [-0.25, -0.2) is 4.98 Å². The van der Waals surface area contributed by atoms with Crippen molar-refractivity contribution in [3.05, 3.63) is 58.1 Å². The SMILES string of the molecule is O=C1NC(=S)S/C1=C\c1cccc(-c2cc(C(F)(F)F)cc(C(F)(F)F)c2)n1. The van der Waals surface area contributed by atoms with Gasteiger partial charge < -0.3 is 5.32 Å². The predicted molar refractivity (Wildman–Crippen MR) is 96.0 cm³/mol. The van der Waals surface area contributed by atoms with Gasteiger partial charge in [0.15, 0.2) is 0 Å². The smallest absolute Gasteiger partial charge is 0.307 e. The molecule has 0 spiro atoms. The molecule has 3 rings (SSSR count). The van der Waals surface area contributed by atoms with Crippen LogP contribution in [0.15, 0.2) is 41.3 Å². The van der Waals surface area contributed by atoms with Crippen LogP contribution in [0, 0.1) is 0 Å². The lowest BCUT2D eigenvalue weighted by atomic mass is 10.0. The highest BCUT2D eigenvalue weighted by molar-refractivity contribution is 8.26. The third kappa shape index (κ3) is 4.53. The molecule has 1 aliphatic heterocycles. The maximum absolute atomic E-state index is 13.0. The monoisotopic (exact) mass is 434 g/mol. The molecule has 0 saturated carbocycles. The van der Waals surface area contributed by atoms with E-state index >= 15 is 0 Å². The number of rotatable bonds is 2. The Hall–Kier alpha value is -2.40. The number of carbonyl (C=O) groups excluding carboxylic acids is 1. The number of nitrogens with zero attached hydrogens (tertiary/aromatic N) is 1. The van der Waals surface area contributed by atoms with Gasteiger partial charge in [0.1, 0.15) is 4.32 Å². The molecule has 0 bridgehead atoms. The summed E-state index contributed by atoms with van der Waals surface area (Å²) in [6.45, 7) is 0. The number of pyridine rings is 1. The van der Waals surface area contributed by atoms with Gasteiger partial charge in [-0.2, -0.15) is 26.3 Å². The molecule has 1 saturated heterocycles. The number of hydrogen-bond acceptors (Lipinski definition) is 4. The number of hydrogen-bond donors (Lipinski definition) is 1. The fourth-order valence-corrected chi connectivity index (χ4v) is 3.38. The molecule has 146 valence electrons. The molecule has 0 atom stereocenters. The quantitative estimate of drug-likeness (QED) is 0.397. The van der Waals surface area contributed by atoms with Crippen LogP contribution in [0.25, 0.3) is 17.3 Å². The Morgan fingerprint density at radius 3 is 2.11 bits per heavy atom. The lowest BCUT2D eigenvalue weighted by Crippen LogP contribution is -2.17. The van der Waals surface area contributed by atoms with Crippen LogP contribution in [-0.2, 0) is 17.1 Å². The van der Waals surface area contributed by atoms with Gasteiger partial charge >= 0.3 is 12.4 Å². The molecular weight excluding hydrogens is 426 g/mol. The number of halogens is 6. The molecule has 2 aromatic rings. The van der Waals surface area contributed by atoms with Crippen LogP contribution in [0.2, 0.25) is 0 Å². The fraction of sp³-hybridized carbons (Fsp3) is 0.118. The number of thioether (sulfide) groups is 1. The summed E-state index contributed by atoms with van der Waals surface area (Å²) in [4.78, 5) is 16.0. The Balaban J connectivity index is 2.08. The van der Waals surface area contributed by atoms with Crippen LogP contribution < -0.4 is 5.32 Å². The Kier molecular flexibility index (Phi) is 5.24. The lowest BCUT2D eigenvalue weighted by Gasteiger charge is -2.14. The Labute approximate surface area is 163 Å². The first-order valence-corrected chi connectivity index (χ1v) is 8.68. The van der Waals surface area contributed by atoms with Gasteiger partial charge in [0.2, 0.25) is 0 Å². The second-order valence-corrected chi connectivity index (χ2v) is 7.31. The van der Waals surface area contributed by atoms with E-state index in [1.54, 1.807) is 0 Å². The predicted octanol–water partition coefficient (Wildman–Crippen LogP) is 5.28. The third-order valence-corrected chi connectivity index (χ3v) is 4.74. The maximum Gasteiger partial charge on any atom is 0.416 e. The third-order valence-electron chi connectivity index (χ3n) is 3.58. The second-order valence-electron chi connectivity index (χ2n) is 5.59. The number of alkyl halides is 6. The molecule has 1 fully saturated rings. The van der Waals surface area contributed by atoms with Gasteiger partial charge in [-0.1, -0.05) is 30.0 Å². The van der Waals surface area contributed by atoms with Crippen molar-refractivity contribution in [3.63, 3.8) is 0 Å². The van der Waals surface area contributed by atoms with E-state index in [9.17, 15) is 31.1 Å². The summed E-state index contributed by atoms with van der Waals surface area (Å²) in [5.41, 5.74) is -3.12. The highest BCUT2D eigenvalue weighted by Gasteiger charge is 2.37. The second kappa shape index (κ2) is 7.21. The van der Waals surface area contributed by atoms with Gasteiger partial charge in [-0.3, -0.25) is 4.79 Å². The minimum Gasteiger partial charge on any atom is -0.307 e. The van der Waals surface area contributed by atoms with Crippen molar-refractivity contribution in [1.29, 1.82) is 0 Å². The van der Waals surface area contributed by atoms with E-state index in [-0.39, 0.29) is 32.2 Å². The van der Waals surface area contributed by atoms with Crippen LogP contribution in [0.1, 0.15) is 16.8 Å². The zero-order valence-electron chi connectivity index (χ0n) is 13.5. The first-order chi connectivity index (χ1) is 12.9. The average molecular weight is 434 g/mol. The molecule has 3 nitrogen and oxygen atoms in total. The van der Waals surface area contributed by atoms with Crippen molar-refractivity contribution < 1.29 is 31.1 Å². The molecule has 1 aliphatic rings. The van der Waals surface area contributed by atoms with Gasteiger partial charge in [0.05, 0.1) is 27.4 Å². The number of carbonyl (C=O) groups is 1. The summed E-state index contributed by atoms with van der Waals surface area (Å²) >= 11 is 5.82. The number of benzene rings is 1. The topological polar surface area (TPSA) is 42.0 Å². The van der Waals surface area contributed by atoms with E-state index in [0.717, 1.165) is 11.8 Å². The molecule has 11 heteroatoms. The minimum atomic E-state index is -4.95. The van der Waals surface area contributed by atoms with Crippen molar-refractivity contribution in [2.45, 2.75) is 12.4 Å². The van der Waals surface area contributed by atoms with Gasteiger partial charge in [-0.05, 0) is 36.4 Å². The van der Waals surface area contributed by atoms with Crippen LogP contribution in [0.5, 0.6) is 0 Å². The number of aromatic nitrogens is 1. The maximum atomic E-state index is 13.0. The van der Waals surface area contributed by atoms with Gasteiger partial charge in [-0.15, -0.1) is 0 Å². The van der Waals surface area contributed by atoms with E-state index in [1.165, 1.54) is 24.3 Å². The van der Waals surface area contributed by atoms with Crippen LogP contribution >= 0.6 is 24.0 Å². The van der Waals surface area contributed by atoms with Crippen molar-refractivity contribution in [2.24, 2.45) is 0 Å². The molecular formula is C17H8F6N2OS2. The van der Waals surface area contributed by atoms with Crippen molar-refractivity contribution in [2.75, 3.05) is 0 Å². The van der Waals surface area contributed by atoms with Gasteiger partial charge in [0, 0.05) is 5.56 Å². The highest BCUT2D eigenvalue weighted by Crippen LogP contribution is 2.38.